The number of allylic oxidation sites excluding steroid dienone is 2. The van der Waals surface area contributed by atoms with Crippen molar-refractivity contribution in [2.45, 2.75) is 70.9 Å². The number of benzene rings is 1. The highest BCUT2D eigenvalue weighted by molar-refractivity contribution is 6.32. The van der Waals surface area contributed by atoms with Crippen LogP contribution in [0.25, 0.3) is 5.57 Å². The zero-order valence-corrected chi connectivity index (χ0v) is 20.0. The largest absolute Gasteiger partial charge is 0.481 e. The maximum atomic E-state index is 13.5. The Morgan fingerprint density at radius 1 is 1.31 bits per heavy atom. The molecule has 174 valence electrons. The van der Waals surface area contributed by atoms with Gasteiger partial charge in [-0.1, -0.05) is 43.7 Å². The Hall–Kier alpha value is -2.31. The van der Waals surface area contributed by atoms with Crippen molar-refractivity contribution in [3.63, 3.8) is 0 Å². The highest BCUT2D eigenvalue weighted by Gasteiger charge is 2.48. The molecule has 1 aliphatic heterocycles. The van der Waals surface area contributed by atoms with Crippen LogP contribution in [0.2, 0.25) is 5.02 Å². The molecular formula is C25H34ClN3O3. The Morgan fingerprint density at radius 2 is 2.06 bits per heavy atom. The number of nitrogens with zero attached hydrogens (tertiary/aromatic N) is 2. The maximum absolute atomic E-state index is 13.5. The first kappa shape index (κ1) is 24.3. The molecule has 1 aromatic rings. The summed E-state index contributed by atoms with van der Waals surface area (Å²) in [6.45, 7) is 6.64. The van der Waals surface area contributed by atoms with Crippen LogP contribution in [0.3, 0.4) is 0 Å². The third-order valence-corrected chi connectivity index (χ3v) is 6.87. The number of hydrogen-bond donors (Lipinski definition) is 2. The van der Waals surface area contributed by atoms with Crippen LogP contribution in [0.1, 0.15) is 70.4 Å². The SMILES string of the molecule is CCCN1C(=O)N(CCC(=O)O)C=C(C(C)N)[C@@]1(CC)c1ccc(C2=CCCC2)c(Cl)c1. The van der Waals surface area contributed by atoms with Gasteiger partial charge in [0, 0.05) is 30.4 Å². The average molecular weight is 460 g/mol. The van der Waals surface area contributed by atoms with Crippen molar-refractivity contribution >= 4 is 29.2 Å². The summed E-state index contributed by atoms with van der Waals surface area (Å²) in [5, 5.41) is 9.82. The van der Waals surface area contributed by atoms with E-state index in [0.29, 0.717) is 18.0 Å². The van der Waals surface area contributed by atoms with Gasteiger partial charge >= 0.3 is 12.0 Å². The van der Waals surface area contributed by atoms with Crippen molar-refractivity contribution in [2.75, 3.05) is 13.1 Å². The molecule has 0 radical (unpaired) electrons. The molecule has 0 fully saturated rings. The van der Waals surface area contributed by atoms with Gasteiger partial charge in [-0.2, -0.15) is 0 Å². The monoisotopic (exact) mass is 459 g/mol. The Balaban J connectivity index is 2.15. The molecule has 0 spiro atoms. The van der Waals surface area contributed by atoms with Gasteiger partial charge in [0.25, 0.3) is 0 Å². The van der Waals surface area contributed by atoms with E-state index in [9.17, 15) is 9.59 Å². The lowest BCUT2D eigenvalue weighted by atomic mass is 9.74. The Kier molecular flexibility index (Phi) is 7.67. The van der Waals surface area contributed by atoms with Crippen molar-refractivity contribution in [1.82, 2.24) is 9.80 Å². The summed E-state index contributed by atoms with van der Waals surface area (Å²) in [6.07, 6.45) is 8.56. The summed E-state index contributed by atoms with van der Waals surface area (Å²) >= 11 is 6.78. The third-order valence-electron chi connectivity index (χ3n) is 6.56. The van der Waals surface area contributed by atoms with E-state index in [-0.39, 0.29) is 25.0 Å². The van der Waals surface area contributed by atoms with Gasteiger partial charge < -0.3 is 20.6 Å². The first-order valence-corrected chi connectivity index (χ1v) is 11.9. The number of hydrogen-bond acceptors (Lipinski definition) is 3. The van der Waals surface area contributed by atoms with Gasteiger partial charge in [-0.05, 0) is 67.4 Å². The molecule has 0 bridgehead atoms. The quantitative estimate of drug-likeness (QED) is 0.520. The molecule has 0 saturated heterocycles. The van der Waals surface area contributed by atoms with Gasteiger partial charge in [-0.15, -0.1) is 0 Å². The van der Waals surface area contributed by atoms with Gasteiger partial charge in [-0.3, -0.25) is 4.79 Å². The maximum Gasteiger partial charge on any atom is 0.325 e. The number of urea groups is 1. The molecule has 2 atom stereocenters. The van der Waals surface area contributed by atoms with E-state index >= 15 is 0 Å². The Labute approximate surface area is 195 Å². The molecule has 3 N–H and O–H groups in total. The molecule has 7 heteroatoms. The fourth-order valence-corrected chi connectivity index (χ4v) is 5.36. The minimum atomic E-state index is -0.938. The summed E-state index contributed by atoms with van der Waals surface area (Å²) in [4.78, 5) is 28.0. The van der Waals surface area contributed by atoms with Crippen LogP contribution in [0.15, 0.2) is 36.0 Å². The van der Waals surface area contributed by atoms with E-state index in [4.69, 9.17) is 22.4 Å². The number of rotatable bonds is 9. The van der Waals surface area contributed by atoms with Crippen LogP contribution < -0.4 is 5.73 Å². The van der Waals surface area contributed by atoms with Crippen molar-refractivity contribution in [2.24, 2.45) is 5.73 Å². The van der Waals surface area contributed by atoms with Gasteiger partial charge in [0.15, 0.2) is 0 Å². The molecule has 1 aromatic carbocycles. The third kappa shape index (κ3) is 4.44. The molecule has 1 heterocycles. The lowest BCUT2D eigenvalue weighted by Gasteiger charge is -2.51. The van der Waals surface area contributed by atoms with Crippen LogP contribution in [-0.2, 0) is 10.3 Å². The lowest BCUT2D eigenvalue weighted by Crippen LogP contribution is -2.60. The molecule has 1 aliphatic carbocycles. The second-order valence-corrected chi connectivity index (χ2v) is 9.08. The van der Waals surface area contributed by atoms with E-state index in [2.05, 4.69) is 25.1 Å². The van der Waals surface area contributed by atoms with Gasteiger partial charge in [-0.25, -0.2) is 4.79 Å². The topological polar surface area (TPSA) is 86.9 Å². The average Bonchev–Trinajstić information content (AvgIpc) is 3.28. The standard InChI is InChI=1S/C25H34ClN3O3/c1-4-13-29-24(32)28(14-12-23(30)31)16-21(17(3)27)25(29,5-2)19-10-11-20(22(26)15-19)18-8-6-7-9-18/h8,10-11,15-17H,4-7,9,12-14,27H2,1-3H3,(H,30,31)/t17?,25-/m1/s1. The van der Waals surface area contributed by atoms with Crippen molar-refractivity contribution < 1.29 is 14.7 Å². The highest BCUT2D eigenvalue weighted by atomic mass is 35.5. The zero-order valence-electron chi connectivity index (χ0n) is 19.2. The van der Waals surface area contributed by atoms with E-state index in [1.165, 1.54) is 10.5 Å². The molecule has 3 rings (SSSR count). The van der Waals surface area contributed by atoms with Crippen LogP contribution in [0, 0.1) is 0 Å². The second kappa shape index (κ2) is 10.1. The number of carboxylic acid groups (broad SMARTS) is 1. The van der Waals surface area contributed by atoms with Crippen LogP contribution >= 0.6 is 11.6 Å². The van der Waals surface area contributed by atoms with E-state index in [1.54, 1.807) is 6.20 Å². The second-order valence-electron chi connectivity index (χ2n) is 8.67. The summed E-state index contributed by atoms with van der Waals surface area (Å²) in [7, 11) is 0. The van der Waals surface area contributed by atoms with Gasteiger partial charge in [0.1, 0.15) is 0 Å². The molecule has 0 saturated carbocycles. The molecule has 2 amide bonds. The van der Waals surface area contributed by atoms with Crippen LogP contribution in [0.4, 0.5) is 4.79 Å². The van der Waals surface area contributed by atoms with Crippen LogP contribution in [-0.4, -0.2) is 46.0 Å². The summed E-state index contributed by atoms with van der Waals surface area (Å²) < 4.78 is 0. The molecule has 32 heavy (non-hydrogen) atoms. The zero-order chi connectivity index (χ0) is 23.5. The molecule has 6 nitrogen and oxygen atoms in total. The number of aliphatic carboxylic acids is 1. The fourth-order valence-electron chi connectivity index (χ4n) is 5.05. The van der Waals surface area contributed by atoms with Crippen LogP contribution in [0.5, 0.6) is 0 Å². The smallest absolute Gasteiger partial charge is 0.325 e. The normalized spacial score (nSPS) is 22.1. The van der Waals surface area contributed by atoms with Crippen molar-refractivity contribution in [3.8, 4) is 0 Å². The summed E-state index contributed by atoms with van der Waals surface area (Å²) in [5.41, 5.74) is 9.89. The number of carbonyl (C=O) groups excluding carboxylic acids is 1. The predicted octanol–water partition coefficient (Wildman–Crippen LogP) is 5.37. The number of carboxylic acids is 1. The number of halogens is 1. The fraction of sp³-hybridized carbons (Fsp3) is 0.520. The van der Waals surface area contributed by atoms with Crippen molar-refractivity contribution in [1.29, 1.82) is 0 Å². The minimum Gasteiger partial charge on any atom is -0.481 e. The number of carbonyl (C=O) groups is 2. The molecular weight excluding hydrogens is 426 g/mol. The molecule has 0 aromatic heterocycles. The summed E-state index contributed by atoms with van der Waals surface area (Å²) in [6, 6.07) is 5.60. The lowest BCUT2D eigenvalue weighted by molar-refractivity contribution is -0.137. The van der Waals surface area contributed by atoms with E-state index in [1.807, 2.05) is 24.8 Å². The first-order chi connectivity index (χ1) is 15.3. The van der Waals surface area contributed by atoms with Gasteiger partial charge in [0.2, 0.25) is 0 Å². The minimum absolute atomic E-state index is 0.109. The predicted molar refractivity (Wildman–Crippen MR) is 128 cm³/mol. The van der Waals surface area contributed by atoms with E-state index in [0.717, 1.165) is 42.4 Å². The number of nitrogens with two attached hydrogens (primary N) is 1. The molecule has 1 unspecified atom stereocenters. The highest BCUT2D eigenvalue weighted by Crippen LogP contribution is 2.46. The number of amides is 2. The Bertz CT molecular complexity index is 940. The summed E-state index contributed by atoms with van der Waals surface area (Å²) in [5.74, 6) is -0.938. The van der Waals surface area contributed by atoms with E-state index < -0.39 is 11.5 Å². The van der Waals surface area contributed by atoms with Crippen molar-refractivity contribution in [3.05, 3.63) is 52.2 Å². The molecule has 2 aliphatic rings. The first-order valence-electron chi connectivity index (χ1n) is 11.5. The Morgan fingerprint density at radius 3 is 2.59 bits per heavy atom. The van der Waals surface area contributed by atoms with Gasteiger partial charge in [0.05, 0.1) is 12.0 Å².